The molecule has 410 valence electrons. The van der Waals surface area contributed by atoms with Crippen LogP contribution in [0.25, 0.3) is 32.5 Å². The van der Waals surface area contributed by atoms with Gasteiger partial charge < -0.3 is 44.5 Å². The van der Waals surface area contributed by atoms with Gasteiger partial charge in [0, 0.05) is 86.0 Å². The molecular formula is C55H61F2N11O8S2. The van der Waals surface area contributed by atoms with E-state index in [2.05, 4.69) is 55.1 Å². The number of aromatic amines is 1. The van der Waals surface area contributed by atoms with E-state index in [0.717, 1.165) is 34.2 Å². The van der Waals surface area contributed by atoms with Crippen LogP contribution in [0.2, 0.25) is 0 Å². The number of aliphatic hydroxyl groups excluding tert-OH is 1. The van der Waals surface area contributed by atoms with E-state index in [1.54, 1.807) is 47.8 Å². The number of unbranched alkanes of at least 4 members (excludes halogenated alkanes) is 2. The van der Waals surface area contributed by atoms with Crippen LogP contribution >= 0.6 is 11.3 Å². The molecule has 8 heterocycles. The third-order valence-corrected chi connectivity index (χ3v) is 16.6. The van der Waals surface area contributed by atoms with E-state index in [0.29, 0.717) is 77.7 Å². The number of β-amino-alcohol motifs (C(OH)–C–C–N with tert-alkyl or cyclic N) is 1. The summed E-state index contributed by atoms with van der Waals surface area (Å²) in [6.07, 6.45) is 6.43. The monoisotopic (exact) mass is 1110 g/mol. The zero-order valence-electron chi connectivity index (χ0n) is 44.3. The Bertz CT molecular complexity index is 3650. The highest BCUT2D eigenvalue weighted by Gasteiger charge is 2.47. The lowest BCUT2D eigenvalue weighted by atomic mass is 9.91. The fraction of sp³-hybridized carbons (Fsp3) is 0.400. The molecule has 0 saturated carbocycles. The lowest BCUT2D eigenvalue weighted by Crippen LogP contribution is -2.51. The van der Waals surface area contributed by atoms with Crippen LogP contribution in [-0.4, -0.2) is 110 Å². The van der Waals surface area contributed by atoms with E-state index >= 15 is 4.39 Å². The number of aliphatic hydroxyl groups is 1. The van der Waals surface area contributed by atoms with E-state index in [1.165, 1.54) is 15.5 Å². The number of hydrogen-bond donors (Lipinski definition) is 4. The van der Waals surface area contributed by atoms with Crippen molar-refractivity contribution in [2.24, 2.45) is 18.0 Å². The molecule has 7 aromatic rings. The molecule has 78 heavy (non-hydrogen) atoms. The number of sulfone groups is 1. The number of nitrogens with one attached hydrogen (secondary N) is 3. The fourth-order valence-corrected chi connectivity index (χ4v) is 12.5. The minimum Gasteiger partial charge on any atom is -0.476 e. The van der Waals surface area contributed by atoms with Gasteiger partial charge >= 0.3 is 0 Å². The van der Waals surface area contributed by atoms with Gasteiger partial charge in [-0.2, -0.15) is 5.01 Å². The maximum Gasteiger partial charge on any atom is 0.274 e. The molecule has 19 nitrogen and oxygen atoms in total. The normalized spacial score (nSPS) is 18.8. The number of pyridine rings is 2. The molecule has 10 rings (SSSR count). The van der Waals surface area contributed by atoms with Gasteiger partial charge in [-0.1, -0.05) is 45.0 Å². The van der Waals surface area contributed by atoms with Crippen molar-refractivity contribution in [2.45, 2.75) is 96.3 Å². The Morgan fingerprint density at radius 3 is 2.56 bits per heavy atom. The van der Waals surface area contributed by atoms with E-state index < -0.39 is 56.9 Å². The zero-order chi connectivity index (χ0) is 55.4. The van der Waals surface area contributed by atoms with Gasteiger partial charge in [0.1, 0.15) is 23.1 Å². The van der Waals surface area contributed by atoms with Crippen molar-refractivity contribution in [3.8, 4) is 27.4 Å². The molecule has 3 aliphatic rings. The van der Waals surface area contributed by atoms with Crippen LogP contribution < -0.4 is 25.9 Å². The first-order chi connectivity index (χ1) is 37.2. The smallest absolute Gasteiger partial charge is 0.274 e. The number of amides is 2. The zero-order valence-corrected chi connectivity index (χ0v) is 45.9. The summed E-state index contributed by atoms with van der Waals surface area (Å²) in [6.45, 7) is 11.1. The molecule has 23 heteroatoms. The number of benzene rings is 2. The maximum absolute atomic E-state index is 15.6. The number of aliphatic imine (C=N–C) groups is 1. The van der Waals surface area contributed by atoms with Gasteiger partial charge in [-0.05, 0) is 78.6 Å². The number of ether oxygens (including phenoxy) is 1. The molecule has 0 radical (unpaired) electrons. The third-order valence-electron chi connectivity index (χ3n) is 14.8. The average Bonchev–Trinajstić information content (AvgIpc) is 4.42. The van der Waals surface area contributed by atoms with Gasteiger partial charge in [-0.15, -0.1) is 11.3 Å². The minimum absolute atomic E-state index is 0.0214. The number of rotatable bonds is 18. The summed E-state index contributed by atoms with van der Waals surface area (Å²) in [6, 6.07) is 13.2. The summed E-state index contributed by atoms with van der Waals surface area (Å²) in [7, 11) is -2.12. The molecular weight excluding hydrogens is 1040 g/mol. The highest BCUT2D eigenvalue weighted by atomic mass is 32.2. The number of hydrogen-bond acceptors (Lipinski definition) is 16. The van der Waals surface area contributed by atoms with Gasteiger partial charge in [-0.25, -0.2) is 32.2 Å². The summed E-state index contributed by atoms with van der Waals surface area (Å²) >= 11 is 1.60. The number of thiazole rings is 1. The van der Waals surface area contributed by atoms with Gasteiger partial charge in [0.15, 0.2) is 32.9 Å². The standard InChI is InChI=1S/C55H61F2N11O8S2/c1-8-68-55(5,35-14-12-32(13-15-35)49-31(4)61-29-77-49)62-50(63-68)43-20-37(69)26-67(43)53(71)46(30(2)3)44-22-45(64-76-44)75-17-11-9-10-16-58-52(70)38-21-42-39(18-33(38)28-78(7,73)74)40-27-65(6)54(72)48-47(40)34(23-59-48)25-66(42)51-41(57)19-36(56)24-60-51/h12-15,18-19,21-24,27,29-30,37,43,46,59,69H,8-11,16-17,20,25-26,28H2,1-7H3,(H,58,70)(H,62,63)/t37-,43?,46-,55-/m1/s1. The molecule has 0 bridgehead atoms. The van der Waals surface area contributed by atoms with Crippen molar-refractivity contribution in [1.29, 1.82) is 0 Å². The topological polar surface area (TPSA) is 233 Å². The van der Waals surface area contributed by atoms with Gasteiger partial charge in [0.05, 0.1) is 59.0 Å². The number of anilines is 2. The number of amidine groups is 1. The predicted octanol–water partition coefficient (Wildman–Crippen LogP) is 7.62. The SMILES string of the molecule is CCN1NC(C2C[C@@H](O)CN2C(=O)[C@@H](c2cc(OCCCCCNC(=O)c3cc4c(cc3CS(C)(=O)=O)-c3cn(C)c(=O)c5[nH]cc(c35)CN4c3ncc(F)cc3F)no2)C(C)C)=N[C@@]1(C)c1ccc(-c2scnc2C)cc1. The Hall–Kier alpha value is -7.34. The lowest BCUT2D eigenvalue weighted by Gasteiger charge is -2.32. The first kappa shape index (κ1) is 54.0. The highest BCUT2D eigenvalue weighted by molar-refractivity contribution is 7.89. The van der Waals surface area contributed by atoms with E-state index in [1.807, 2.05) is 45.1 Å². The summed E-state index contributed by atoms with van der Waals surface area (Å²) < 4.78 is 68.6. The Balaban J connectivity index is 0.786. The Kier molecular flexibility index (Phi) is 14.9. The lowest BCUT2D eigenvalue weighted by molar-refractivity contribution is -0.134. The summed E-state index contributed by atoms with van der Waals surface area (Å²) in [5, 5.41) is 20.7. The van der Waals surface area contributed by atoms with Crippen LogP contribution in [0.3, 0.4) is 0 Å². The number of aryl methyl sites for hydroxylation is 2. The number of carbonyl (C=O) groups is 2. The number of nitrogens with zero attached hydrogens (tertiary/aromatic N) is 8. The molecule has 1 fully saturated rings. The highest BCUT2D eigenvalue weighted by Crippen LogP contribution is 2.45. The second-order valence-electron chi connectivity index (χ2n) is 20.7. The largest absolute Gasteiger partial charge is 0.476 e. The van der Waals surface area contributed by atoms with Crippen molar-refractivity contribution in [3.63, 3.8) is 0 Å². The number of aromatic nitrogens is 5. The van der Waals surface area contributed by atoms with Crippen molar-refractivity contribution < 1.29 is 41.2 Å². The fourth-order valence-electron chi connectivity index (χ4n) is 10.9. The first-order valence-corrected chi connectivity index (χ1v) is 28.8. The molecule has 1 saturated heterocycles. The Labute approximate surface area is 453 Å². The van der Waals surface area contributed by atoms with Crippen LogP contribution in [0.5, 0.6) is 5.88 Å². The Morgan fingerprint density at radius 1 is 1.08 bits per heavy atom. The van der Waals surface area contributed by atoms with E-state index in [4.69, 9.17) is 14.3 Å². The van der Waals surface area contributed by atoms with Crippen LogP contribution in [0.15, 0.2) is 86.9 Å². The molecule has 1 unspecified atom stereocenters. The van der Waals surface area contributed by atoms with Crippen LogP contribution in [0.1, 0.15) is 97.8 Å². The Morgan fingerprint density at radius 2 is 1.86 bits per heavy atom. The second kappa shape index (κ2) is 21.5. The molecule has 4 atom stereocenters. The van der Waals surface area contributed by atoms with Crippen molar-refractivity contribution in [2.75, 3.05) is 37.4 Å². The molecule has 3 aliphatic heterocycles. The van der Waals surface area contributed by atoms with Crippen LogP contribution in [0.4, 0.5) is 20.3 Å². The van der Waals surface area contributed by atoms with Gasteiger partial charge in [0.2, 0.25) is 5.91 Å². The number of carbonyl (C=O) groups excluding carboxylic acids is 2. The predicted molar refractivity (Wildman–Crippen MR) is 292 cm³/mol. The molecule has 2 aromatic carbocycles. The van der Waals surface area contributed by atoms with Crippen LogP contribution in [-0.2, 0) is 39.6 Å². The number of halogens is 2. The van der Waals surface area contributed by atoms with Gasteiger partial charge in [0.25, 0.3) is 17.3 Å². The average molecular weight is 1110 g/mol. The molecule has 4 N–H and O–H groups in total. The summed E-state index contributed by atoms with van der Waals surface area (Å²) in [5.41, 5.74) is 9.63. The number of likely N-dealkylation sites (tertiary alicyclic amines) is 1. The molecule has 0 spiro atoms. The van der Waals surface area contributed by atoms with Crippen molar-refractivity contribution in [1.82, 2.24) is 45.3 Å². The second-order valence-corrected chi connectivity index (χ2v) is 23.7. The summed E-state index contributed by atoms with van der Waals surface area (Å²) in [4.78, 5) is 62.9. The molecule has 5 aromatic heterocycles. The quantitative estimate of drug-likeness (QED) is 0.0606. The van der Waals surface area contributed by atoms with Gasteiger partial charge in [-0.3, -0.25) is 14.4 Å². The molecule has 2 amide bonds. The number of hydrazine groups is 1. The van der Waals surface area contributed by atoms with Crippen molar-refractivity contribution in [3.05, 3.63) is 128 Å². The molecule has 0 aliphatic carbocycles. The van der Waals surface area contributed by atoms with E-state index in [-0.39, 0.29) is 72.0 Å². The van der Waals surface area contributed by atoms with Crippen LogP contribution in [0, 0.1) is 24.5 Å². The minimum atomic E-state index is -3.70. The summed E-state index contributed by atoms with van der Waals surface area (Å²) in [5.74, 6) is -3.17. The third kappa shape index (κ3) is 10.4. The maximum atomic E-state index is 15.6. The van der Waals surface area contributed by atoms with Crippen molar-refractivity contribution >= 4 is 61.2 Å². The number of H-pyrrole nitrogens is 1. The number of fused-ring (bicyclic) bond motifs is 2. The van der Waals surface area contributed by atoms with E-state index in [9.17, 15) is 32.3 Å². The first-order valence-electron chi connectivity index (χ1n) is 25.9.